The molecule has 1 heteroatoms. The lowest BCUT2D eigenvalue weighted by molar-refractivity contribution is 0.586. The van der Waals surface area contributed by atoms with Crippen LogP contribution in [0.4, 0.5) is 0 Å². The highest BCUT2D eigenvalue weighted by atomic mass is 32.1. The van der Waals surface area contributed by atoms with Crippen LogP contribution in [0.25, 0.3) is 0 Å². The largest absolute Gasteiger partial charge is 0.178 e. The predicted molar refractivity (Wildman–Crippen MR) is 36.5 cm³/mol. The predicted octanol–water partition coefficient (Wildman–Crippen LogP) is 1.58. The Hall–Kier alpha value is -0.0900. The van der Waals surface area contributed by atoms with Crippen molar-refractivity contribution >= 4 is 12.6 Å². The highest BCUT2D eigenvalue weighted by Gasteiger charge is 2.08. The first-order chi connectivity index (χ1) is 3.12. The molecule has 0 heterocycles. The van der Waals surface area contributed by atoms with Crippen molar-refractivity contribution in [3.8, 4) is 12.3 Å². The molecule has 0 rings (SSSR count). The van der Waals surface area contributed by atoms with Gasteiger partial charge in [0.25, 0.3) is 0 Å². The molecule has 0 saturated carbocycles. The average molecular weight is 114 g/mol. The Kier molecular flexibility index (Phi) is 2.25. The van der Waals surface area contributed by atoms with Crippen LogP contribution in [-0.4, -0.2) is 5.75 Å². The fraction of sp³-hybridized carbons (Fsp3) is 0.667. The Morgan fingerprint density at radius 3 is 2.14 bits per heavy atom. The van der Waals surface area contributed by atoms with E-state index >= 15 is 0 Å². The lowest BCUT2D eigenvalue weighted by Gasteiger charge is -2.11. The maximum Gasteiger partial charge on any atom is 0.0343 e. The van der Waals surface area contributed by atoms with E-state index in [2.05, 4.69) is 18.5 Å². The van der Waals surface area contributed by atoms with Gasteiger partial charge >= 0.3 is 0 Å². The van der Waals surface area contributed by atoms with Crippen LogP contribution in [0.2, 0.25) is 0 Å². The summed E-state index contributed by atoms with van der Waals surface area (Å²) in [6, 6.07) is 0. The minimum Gasteiger partial charge on any atom is -0.178 e. The molecule has 0 radical (unpaired) electrons. The Balaban J connectivity index is 3.66. The molecule has 0 unspecified atom stereocenters. The Labute approximate surface area is 50.7 Å². The van der Waals surface area contributed by atoms with Crippen LogP contribution in [0, 0.1) is 17.8 Å². The summed E-state index contributed by atoms with van der Waals surface area (Å²) in [7, 11) is 0. The van der Waals surface area contributed by atoms with Crippen LogP contribution < -0.4 is 0 Å². The van der Waals surface area contributed by atoms with Gasteiger partial charge in [0.1, 0.15) is 0 Å². The van der Waals surface area contributed by atoms with Gasteiger partial charge in [0, 0.05) is 11.2 Å². The second-order valence-corrected chi connectivity index (χ2v) is 2.50. The van der Waals surface area contributed by atoms with E-state index in [1.54, 1.807) is 0 Å². The number of hydrogen-bond donors (Lipinski definition) is 1. The third-order valence-corrected chi connectivity index (χ3v) is 1.58. The SMILES string of the molecule is C#CC(C)(C)CS. The molecular weight excluding hydrogens is 104 g/mol. The van der Waals surface area contributed by atoms with E-state index in [4.69, 9.17) is 6.42 Å². The Bertz CT molecular complexity index is 86.8. The highest BCUT2D eigenvalue weighted by Crippen LogP contribution is 2.13. The summed E-state index contributed by atoms with van der Waals surface area (Å²) in [5.41, 5.74) is -0.0247. The second-order valence-electron chi connectivity index (χ2n) is 2.19. The van der Waals surface area contributed by atoms with Crippen molar-refractivity contribution in [2.24, 2.45) is 5.41 Å². The minimum atomic E-state index is -0.0247. The van der Waals surface area contributed by atoms with E-state index in [9.17, 15) is 0 Å². The van der Waals surface area contributed by atoms with E-state index in [1.807, 2.05) is 13.8 Å². The third-order valence-electron chi connectivity index (χ3n) is 0.786. The van der Waals surface area contributed by atoms with Crippen molar-refractivity contribution in [2.45, 2.75) is 13.8 Å². The molecule has 0 atom stereocenters. The number of rotatable bonds is 1. The zero-order valence-corrected chi connectivity index (χ0v) is 5.63. The fourth-order valence-electron chi connectivity index (χ4n) is 0.0456. The maximum absolute atomic E-state index is 5.12. The fourth-order valence-corrected chi connectivity index (χ4v) is 0.137. The van der Waals surface area contributed by atoms with Crippen molar-refractivity contribution in [3.63, 3.8) is 0 Å². The van der Waals surface area contributed by atoms with Crippen molar-refractivity contribution in [2.75, 3.05) is 5.75 Å². The molecule has 0 aliphatic carbocycles. The summed E-state index contributed by atoms with van der Waals surface area (Å²) in [4.78, 5) is 0. The van der Waals surface area contributed by atoms with E-state index in [0.29, 0.717) is 0 Å². The van der Waals surface area contributed by atoms with Crippen LogP contribution in [0.5, 0.6) is 0 Å². The van der Waals surface area contributed by atoms with Crippen LogP contribution in [0.1, 0.15) is 13.8 Å². The van der Waals surface area contributed by atoms with Gasteiger partial charge in [0.15, 0.2) is 0 Å². The van der Waals surface area contributed by atoms with Gasteiger partial charge in [-0.2, -0.15) is 12.6 Å². The molecule has 0 aromatic rings. The van der Waals surface area contributed by atoms with Gasteiger partial charge < -0.3 is 0 Å². The second kappa shape index (κ2) is 2.28. The van der Waals surface area contributed by atoms with Crippen molar-refractivity contribution in [1.29, 1.82) is 0 Å². The van der Waals surface area contributed by atoms with Crippen molar-refractivity contribution in [3.05, 3.63) is 0 Å². The van der Waals surface area contributed by atoms with E-state index < -0.39 is 0 Å². The molecule has 0 aliphatic heterocycles. The topological polar surface area (TPSA) is 0 Å². The standard InChI is InChI=1S/C6H10S/c1-4-6(2,3)5-7/h1,7H,5H2,2-3H3. The van der Waals surface area contributed by atoms with Gasteiger partial charge in [-0.25, -0.2) is 0 Å². The molecule has 0 amide bonds. The first kappa shape index (κ1) is 6.91. The molecule has 0 N–H and O–H groups in total. The molecular formula is C6H10S. The summed E-state index contributed by atoms with van der Waals surface area (Å²) in [5, 5.41) is 0. The average Bonchev–Trinajstić information content (AvgIpc) is 1.68. The Morgan fingerprint density at radius 2 is 2.14 bits per heavy atom. The van der Waals surface area contributed by atoms with Gasteiger partial charge in [0.05, 0.1) is 0 Å². The smallest absolute Gasteiger partial charge is 0.0343 e. The van der Waals surface area contributed by atoms with Crippen molar-refractivity contribution < 1.29 is 0 Å². The van der Waals surface area contributed by atoms with Gasteiger partial charge in [-0.3, -0.25) is 0 Å². The summed E-state index contributed by atoms with van der Waals surface area (Å²) >= 11 is 4.04. The van der Waals surface area contributed by atoms with E-state index in [1.165, 1.54) is 0 Å². The van der Waals surface area contributed by atoms with Crippen LogP contribution in [-0.2, 0) is 0 Å². The minimum absolute atomic E-state index is 0.0247. The van der Waals surface area contributed by atoms with Gasteiger partial charge in [-0.1, -0.05) is 5.92 Å². The summed E-state index contributed by atoms with van der Waals surface area (Å²) in [6.45, 7) is 3.97. The van der Waals surface area contributed by atoms with Crippen LogP contribution >= 0.6 is 12.6 Å². The third kappa shape index (κ3) is 2.59. The summed E-state index contributed by atoms with van der Waals surface area (Å²) in [5.74, 6) is 3.37. The molecule has 0 bridgehead atoms. The lowest BCUT2D eigenvalue weighted by Crippen LogP contribution is -2.08. The highest BCUT2D eigenvalue weighted by molar-refractivity contribution is 7.80. The number of thiol groups is 1. The zero-order valence-electron chi connectivity index (χ0n) is 4.73. The van der Waals surface area contributed by atoms with Crippen LogP contribution in [0.15, 0.2) is 0 Å². The number of hydrogen-bond acceptors (Lipinski definition) is 1. The molecule has 0 saturated heterocycles. The monoisotopic (exact) mass is 114 g/mol. The van der Waals surface area contributed by atoms with Gasteiger partial charge in [-0.15, -0.1) is 6.42 Å². The van der Waals surface area contributed by atoms with Crippen molar-refractivity contribution in [1.82, 2.24) is 0 Å². The molecule has 0 nitrogen and oxygen atoms in total. The van der Waals surface area contributed by atoms with E-state index in [-0.39, 0.29) is 5.41 Å². The molecule has 0 aromatic heterocycles. The van der Waals surface area contributed by atoms with Gasteiger partial charge in [-0.05, 0) is 13.8 Å². The molecule has 0 spiro atoms. The molecule has 0 aromatic carbocycles. The zero-order chi connectivity index (χ0) is 5.91. The summed E-state index contributed by atoms with van der Waals surface area (Å²) in [6.07, 6.45) is 5.12. The Morgan fingerprint density at radius 1 is 1.71 bits per heavy atom. The van der Waals surface area contributed by atoms with Crippen LogP contribution in [0.3, 0.4) is 0 Å². The molecule has 40 valence electrons. The lowest BCUT2D eigenvalue weighted by atomic mass is 9.98. The molecule has 0 aliphatic rings. The first-order valence-corrected chi connectivity index (χ1v) is 2.84. The number of terminal acetylenes is 1. The quantitative estimate of drug-likeness (QED) is 0.388. The van der Waals surface area contributed by atoms with E-state index in [0.717, 1.165) is 5.75 Å². The molecule has 0 fully saturated rings. The maximum atomic E-state index is 5.12. The molecule has 7 heavy (non-hydrogen) atoms. The normalized spacial score (nSPS) is 10.6. The summed E-state index contributed by atoms with van der Waals surface area (Å²) < 4.78 is 0. The first-order valence-electron chi connectivity index (χ1n) is 2.21. The van der Waals surface area contributed by atoms with Gasteiger partial charge in [0.2, 0.25) is 0 Å².